The molecule has 0 saturated heterocycles. The monoisotopic (exact) mass is 769 g/mol. The van der Waals surface area contributed by atoms with Gasteiger partial charge in [-0.15, -0.1) is 0 Å². The van der Waals surface area contributed by atoms with E-state index in [4.69, 9.17) is 0 Å². The van der Waals surface area contributed by atoms with Crippen LogP contribution >= 0.6 is 0 Å². The Balaban J connectivity index is 1.03. The maximum absolute atomic E-state index is 2.56. The molecule has 0 radical (unpaired) electrons. The van der Waals surface area contributed by atoms with E-state index in [1.54, 1.807) is 5.56 Å². The molecule has 6 aliphatic carbocycles. The molecule has 0 amide bonds. The minimum absolute atomic E-state index is 0.413. The van der Waals surface area contributed by atoms with Gasteiger partial charge in [-0.25, -0.2) is 0 Å². The zero-order valence-electron chi connectivity index (χ0n) is 33.8. The van der Waals surface area contributed by atoms with E-state index in [-0.39, 0.29) is 0 Å². The Morgan fingerprint density at radius 3 is 1.42 bits per heavy atom. The number of hydrogen-bond acceptors (Lipinski definition) is 1. The molecule has 1 heteroatoms. The first kappa shape index (κ1) is 34.4. The van der Waals surface area contributed by atoms with Crippen LogP contribution in [0, 0.1) is 23.7 Å². The zero-order chi connectivity index (χ0) is 39.4. The lowest BCUT2D eigenvalue weighted by atomic mass is 9.51. The highest BCUT2D eigenvalue weighted by Crippen LogP contribution is 2.64. The molecule has 0 aliphatic heterocycles. The second-order valence-electron chi connectivity index (χ2n) is 18.4. The van der Waals surface area contributed by atoms with Crippen molar-refractivity contribution >= 4 is 17.1 Å². The van der Waals surface area contributed by atoms with Gasteiger partial charge in [0.2, 0.25) is 0 Å². The van der Waals surface area contributed by atoms with E-state index in [1.165, 1.54) is 116 Å². The van der Waals surface area contributed by atoms with Gasteiger partial charge < -0.3 is 4.90 Å². The summed E-state index contributed by atoms with van der Waals surface area (Å²) in [6.07, 6.45) is 7.23. The van der Waals surface area contributed by atoms with Crippen molar-refractivity contribution in [3.63, 3.8) is 0 Å². The lowest BCUT2D eigenvalue weighted by Gasteiger charge is -2.54. The van der Waals surface area contributed by atoms with E-state index in [9.17, 15) is 0 Å². The molecule has 0 unspecified atom stereocenters. The molecule has 1 spiro atoms. The molecule has 0 atom stereocenters. The van der Waals surface area contributed by atoms with Crippen molar-refractivity contribution in [3.05, 3.63) is 222 Å². The van der Waals surface area contributed by atoms with Crippen LogP contribution in [0.1, 0.15) is 65.8 Å². The third-order valence-corrected chi connectivity index (χ3v) is 15.4. The second kappa shape index (κ2) is 13.3. The zero-order valence-corrected chi connectivity index (χ0v) is 33.8. The second-order valence-corrected chi connectivity index (χ2v) is 18.4. The van der Waals surface area contributed by atoms with Gasteiger partial charge in [0.15, 0.2) is 0 Å². The molecule has 0 N–H and O–H groups in total. The minimum Gasteiger partial charge on any atom is -0.310 e. The van der Waals surface area contributed by atoms with Crippen LogP contribution in [0.2, 0.25) is 0 Å². The number of fused-ring (bicyclic) bond motifs is 10. The molecule has 8 aromatic carbocycles. The predicted molar refractivity (Wildman–Crippen MR) is 248 cm³/mol. The fourth-order valence-electron chi connectivity index (χ4n) is 13.4. The molecule has 14 rings (SSSR count). The van der Waals surface area contributed by atoms with Crippen LogP contribution in [0.4, 0.5) is 17.1 Å². The molecule has 8 aromatic rings. The van der Waals surface area contributed by atoms with Crippen molar-refractivity contribution in [2.75, 3.05) is 4.90 Å². The number of benzene rings is 8. The van der Waals surface area contributed by atoms with Crippen molar-refractivity contribution in [1.29, 1.82) is 0 Å². The number of para-hydroxylation sites is 1. The van der Waals surface area contributed by atoms with Crippen LogP contribution in [0.25, 0.3) is 44.5 Å². The van der Waals surface area contributed by atoms with Crippen LogP contribution in [0.3, 0.4) is 0 Å². The van der Waals surface area contributed by atoms with E-state index in [2.05, 4.69) is 199 Å². The van der Waals surface area contributed by atoms with Crippen molar-refractivity contribution in [1.82, 2.24) is 0 Å². The summed E-state index contributed by atoms with van der Waals surface area (Å²) in [6, 6.07) is 73.5. The van der Waals surface area contributed by atoms with Gasteiger partial charge in [-0.1, -0.05) is 164 Å². The van der Waals surface area contributed by atoms with Gasteiger partial charge in [0, 0.05) is 16.9 Å². The molecular weight excluding hydrogens is 723 g/mol. The van der Waals surface area contributed by atoms with E-state index in [0.717, 1.165) is 23.7 Å². The molecule has 4 fully saturated rings. The van der Waals surface area contributed by atoms with E-state index in [0.29, 0.717) is 5.92 Å². The number of hydrogen-bond donors (Lipinski definition) is 0. The number of rotatable bonds is 6. The van der Waals surface area contributed by atoms with Crippen molar-refractivity contribution in [3.8, 4) is 44.5 Å². The highest BCUT2D eigenvalue weighted by molar-refractivity contribution is 5.98. The third-order valence-electron chi connectivity index (χ3n) is 15.4. The molecule has 4 bridgehead atoms. The van der Waals surface area contributed by atoms with Crippen molar-refractivity contribution in [2.45, 2.75) is 43.4 Å². The predicted octanol–water partition coefficient (Wildman–Crippen LogP) is 15.4. The summed E-state index contributed by atoms with van der Waals surface area (Å²) in [4.78, 5) is 2.56. The van der Waals surface area contributed by atoms with Gasteiger partial charge in [-0.05, 0) is 159 Å². The highest BCUT2D eigenvalue weighted by atomic mass is 15.1. The quantitative estimate of drug-likeness (QED) is 0.163. The topological polar surface area (TPSA) is 3.24 Å². The Bertz CT molecular complexity index is 2860. The molecule has 4 saturated carbocycles. The first-order valence-electron chi connectivity index (χ1n) is 22.3. The van der Waals surface area contributed by atoms with Crippen LogP contribution in [0.15, 0.2) is 194 Å². The van der Waals surface area contributed by atoms with E-state index in [1.807, 2.05) is 0 Å². The summed E-state index contributed by atoms with van der Waals surface area (Å²) in [5.74, 6) is 4.35. The maximum Gasteiger partial charge on any atom is 0.0726 e. The lowest BCUT2D eigenvalue weighted by Crippen LogP contribution is -2.43. The van der Waals surface area contributed by atoms with Crippen LogP contribution < -0.4 is 4.90 Å². The fraction of sp³-hybridized carbons (Fsp3) is 0.186. The van der Waals surface area contributed by atoms with Gasteiger partial charge in [0.25, 0.3) is 0 Å². The fourth-order valence-corrected chi connectivity index (χ4v) is 13.4. The Hall–Kier alpha value is -6.44. The van der Waals surface area contributed by atoms with Gasteiger partial charge in [-0.2, -0.15) is 0 Å². The Morgan fingerprint density at radius 1 is 0.350 bits per heavy atom. The van der Waals surface area contributed by atoms with E-state index < -0.39 is 5.41 Å². The maximum atomic E-state index is 2.56. The largest absolute Gasteiger partial charge is 0.310 e. The molecule has 0 aromatic heterocycles. The van der Waals surface area contributed by atoms with Crippen LogP contribution in [-0.2, 0) is 5.41 Å². The van der Waals surface area contributed by atoms with Crippen molar-refractivity contribution in [2.24, 2.45) is 23.7 Å². The average Bonchev–Trinajstić information content (AvgIpc) is 3.77. The lowest BCUT2D eigenvalue weighted by molar-refractivity contribution is -0.00277. The molecule has 6 aliphatic rings. The summed E-state index contributed by atoms with van der Waals surface area (Å²) in [5, 5.41) is 0. The minimum atomic E-state index is -0.413. The normalized spacial score (nSPS) is 22.0. The van der Waals surface area contributed by atoms with Gasteiger partial charge >= 0.3 is 0 Å². The Morgan fingerprint density at radius 2 is 0.817 bits per heavy atom. The van der Waals surface area contributed by atoms with Crippen LogP contribution in [0.5, 0.6) is 0 Å². The van der Waals surface area contributed by atoms with Gasteiger partial charge in [0.1, 0.15) is 0 Å². The first-order valence-corrected chi connectivity index (χ1v) is 22.3. The number of anilines is 3. The number of nitrogens with zero attached hydrogens (tertiary/aromatic N) is 1. The summed E-state index contributed by atoms with van der Waals surface area (Å²) in [7, 11) is 0. The van der Waals surface area contributed by atoms with Gasteiger partial charge in [-0.3, -0.25) is 0 Å². The SMILES string of the molecule is c1ccc(-c2ccccc2-c2ccccc2N(c2ccc(C3C4CC5CC(C4)CC3C5)cc2)c2ccc3c(c2)C2(c4ccccc4-c4ccccc42)c2ccccc2-3)cc1. The molecule has 60 heavy (non-hydrogen) atoms. The molecule has 0 heterocycles. The summed E-state index contributed by atoms with van der Waals surface area (Å²) >= 11 is 0. The standard InChI is InChI=1S/C59H47N/c1-2-14-40(15-3-1)46-16-4-5-17-47(46)52-21-9-13-25-57(52)60(44-28-26-41(27-29-44)58-42-33-38-32-39(35-42)36-43(58)34-38)45-30-31-51-50-20-8-12-24-55(50)59(56(51)37-45)53-22-10-6-18-48(53)49-19-7-11-23-54(49)59/h1-31,37-39,42-43,58H,32-36H2. The molecular formula is C59H47N. The van der Waals surface area contributed by atoms with Crippen molar-refractivity contribution < 1.29 is 0 Å². The summed E-state index contributed by atoms with van der Waals surface area (Å²) < 4.78 is 0. The third kappa shape index (κ3) is 4.93. The average molecular weight is 770 g/mol. The summed E-state index contributed by atoms with van der Waals surface area (Å²) in [5.41, 5.74) is 20.4. The van der Waals surface area contributed by atoms with Crippen LogP contribution in [-0.4, -0.2) is 0 Å². The summed E-state index contributed by atoms with van der Waals surface area (Å²) in [6.45, 7) is 0. The van der Waals surface area contributed by atoms with Gasteiger partial charge in [0.05, 0.1) is 11.1 Å². The Labute approximate surface area is 354 Å². The first-order chi connectivity index (χ1) is 29.7. The highest BCUT2D eigenvalue weighted by Gasteiger charge is 2.52. The smallest absolute Gasteiger partial charge is 0.0726 e. The molecule has 1 nitrogen and oxygen atoms in total. The van der Waals surface area contributed by atoms with E-state index >= 15 is 0 Å². The molecule has 288 valence electrons. The Kier molecular flexibility index (Phi) is 7.62.